The molecule has 0 amide bonds. The minimum absolute atomic E-state index is 0.602. The number of hydrogen-bond acceptors (Lipinski definition) is 2. The highest BCUT2D eigenvalue weighted by molar-refractivity contribution is 6.14. The van der Waals surface area contributed by atoms with Crippen molar-refractivity contribution in [3.05, 3.63) is 169 Å². The molecule has 0 radical (unpaired) electrons. The van der Waals surface area contributed by atoms with Gasteiger partial charge in [0.25, 0.3) is 0 Å². The molecule has 5 aromatic carbocycles. The van der Waals surface area contributed by atoms with E-state index in [1.54, 1.807) is 0 Å². The maximum absolute atomic E-state index is 4.59. The van der Waals surface area contributed by atoms with Crippen LogP contribution in [-0.4, -0.2) is 11.3 Å². The zero-order valence-corrected chi connectivity index (χ0v) is 23.9. The molecule has 43 heavy (non-hydrogen) atoms. The minimum atomic E-state index is 0.602. The van der Waals surface area contributed by atoms with Gasteiger partial charge in [0.2, 0.25) is 0 Å². The van der Waals surface area contributed by atoms with Crippen molar-refractivity contribution in [3.63, 3.8) is 0 Å². The van der Waals surface area contributed by atoms with Gasteiger partial charge in [0.05, 0.1) is 23.4 Å². The predicted octanol–water partition coefficient (Wildman–Crippen LogP) is 10.3. The Hall–Kier alpha value is -5.67. The molecule has 1 aliphatic heterocycles. The summed E-state index contributed by atoms with van der Waals surface area (Å²) in [5, 5.41) is 5.92. The molecule has 0 unspecified atom stereocenters. The van der Waals surface area contributed by atoms with Crippen LogP contribution in [0.2, 0.25) is 0 Å². The van der Waals surface area contributed by atoms with E-state index in [0.717, 1.165) is 50.2 Å². The van der Waals surface area contributed by atoms with Crippen molar-refractivity contribution in [2.45, 2.75) is 6.54 Å². The molecule has 0 spiro atoms. The SMILES string of the molecule is C=NCc1ccc2c(N3/C=C\C=C/C(=C)C(=C)c4c(c5c6ccccc6ccc5n4-c4ccccc4)/C=C\3)cccc2c1. The monoisotopic (exact) mass is 553 g/mol. The van der Waals surface area contributed by atoms with Gasteiger partial charge in [-0.1, -0.05) is 98.1 Å². The summed E-state index contributed by atoms with van der Waals surface area (Å²) in [5.74, 6) is 0. The van der Waals surface area contributed by atoms with Gasteiger partial charge in [-0.15, -0.1) is 0 Å². The van der Waals surface area contributed by atoms with Crippen molar-refractivity contribution in [2.75, 3.05) is 4.90 Å². The Bertz CT molecular complexity index is 2160. The molecule has 206 valence electrons. The lowest BCUT2D eigenvalue weighted by Gasteiger charge is -2.19. The molecular formula is C40H31N3. The quantitative estimate of drug-likeness (QED) is 0.199. The van der Waals surface area contributed by atoms with Crippen LogP contribution >= 0.6 is 0 Å². The summed E-state index contributed by atoms with van der Waals surface area (Å²) < 4.78 is 2.32. The summed E-state index contributed by atoms with van der Waals surface area (Å²) in [6.45, 7) is 13.3. The number of allylic oxidation sites excluding steroid dienone is 5. The predicted molar refractivity (Wildman–Crippen MR) is 186 cm³/mol. The molecule has 0 bridgehead atoms. The Morgan fingerprint density at radius 3 is 2.35 bits per heavy atom. The molecule has 0 fully saturated rings. The summed E-state index contributed by atoms with van der Waals surface area (Å²) in [6.07, 6.45) is 12.6. The average molecular weight is 554 g/mol. The van der Waals surface area contributed by atoms with E-state index in [2.05, 4.69) is 156 Å². The van der Waals surface area contributed by atoms with Gasteiger partial charge in [-0.2, -0.15) is 0 Å². The van der Waals surface area contributed by atoms with Gasteiger partial charge in [0, 0.05) is 34.4 Å². The standard InChI is InChI=1S/C40H31N3/c1-28-12-9-10-24-42(37-18-11-14-32-26-30(27-41-3)19-21-34(32)37)25-23-36-39-35-17-8-7-13-31(35)20-22-38(39)43(40(36)29(28)2)33-15-5-4-6-16-33/h4-26H,1-3,27H2/b12-9-,24-10-,25-23-. The summed E-state index contributed by atoms with van der Waals surface area (Å²) >= 11 is 0. The average Bonchev–Trinajstić information content (AvgIpc) is 3.37. The van der Waals surface area contributed by atoms with E-state index in [4.69, 9.17) is 0 Å². The first-order valence-corrected chi connectivity index (χ1v) is 14.4. The van der Waals surface area contributed by atoms with Crippen molar-refractivity contribution < 1.29 is 0 Å². The number of hydrogen-bond donors (Lipinski definition) is 0. The van der Waals surface area contributed by atoms with Gasteiger partial charge in [-0.25, -0.2) is 0 Å². The second-order valence-corrected chi connectivity index (χ2v) is 10.8. The fraction of sp³-hybridized carbons (Fsp3) is 0.0250. The second-order valence-electron chi connectivity index (χ2n) is 10.8. The fourth-order valence-corrected chi connectivity index (χ4v) is 6.09. The third-order valence-electron chi connectivity index (χ3n) is 8.14. The molecule has 6 aromatic rings. The van der Waals surface area contributed by atoms with Gasteiger partial charge in [-0.05, 0) is 82.1 Å². The van der Waals surface area contributed by atoms with Crippen LogP contribution in [-0.2, 0) is 6.54 Å². The minimum Gasteiger partial charge on any atom is -0.323 e. The maximum Gasteiger partial charge on any atom is 0.0632 e. The Kier molecular flexibility index (Phi) is 6.69. The van der Waals surface area contributed by atoms with E-state index in [1.807, 2.05) is 18.2 Å². The topological polar surface area (TPSA) is 20.5 Å². The Balaban J connectivity index is 1.52. The van der Waals surface area contributed by atoms with Gasteiger partial charge < -0.3 is 9.47 Å². The first kappa shape index (κ1) is 26.2. The molecule has 1 aliphatic rings. The van der Waals surface area contributed by atoms with E-state index in [9.17, 15) is 0 Å². The molecule has 1 aromatic heterocycles. The molecule has 3 heteroatoms. The molecule has 0 N–H and O–H groups in total. The third kappa shape index (κ3) is 4.61. The fourth-order valence-electron chi connectivity index (χ4n) is 6.09. The van der Waals surface area contributed by atoms with Crippen molar-refractivity contribution in [2.24, 2.45) is 4.99 Å². The number of aromatic nitrogens is 1. The van der Waals surface area contributed by atoms with Gasteiger partial charge in [0.15, 0.2) is 0 Å². The van der Waals surface area contributed by atoms with E-state index in [-0.39, 0.29) is 0 Å². The van der Waals surface area contributed by atoms with Crippen LogP contribution < -0.4 is 4.90 Å². The van der Waals surface area contributed by atoms with Crippen LogP contribution in [0.4, 0.5) is 5.69 Å². The van der Waals surface area contributed by atoms with Crippen LogP contribution in [0, 0.1) is 0 Å². The number of fused-ring (bicyclic) bond motifs is 6. The number of rotatable bonds is 4. The van der Waals surface area contributed by atoms with Crippen LogP contribution in [0.3, 0.4) is 0 Å². The molecule has 0 aliphatic carbocycles. The number of aliphatic imine (C=N–C) groups is 1. The zero-order valence-electron chi connectivity index (χ0n) is 23.9. The number of anilines is 1. The Morgan fingerprint density at radius 2 is 1.49 bits per heavy atom. The van der Waals surface area contributed by atoms with Crippen LogP contribution in [0.25, 0.3) is 49.8 Å². The smallest absolute Gasteiger partial charge is 0.0632 e. The van der Waals surface area contributed by atoms with Crippen molar-refractivity contribution in [1.29, 1.82) is 0 Å². The molecule has 3 nitrogen and oxygen atoms in total. The third-order valence-corrected chi connectivity index (χ3v) is 8.14. The van der Waals surface area contributed by atoms with Crippen LogP contribution in [0.5, 0.6) is 0 Å². The number of nitrogens with zero attached hydrogens (tertiary/aromatic N) is 3. The normalized spacial score (nSPS) is 15.8. The first-order chi connectivity index (χ1) is 21.1. The first-order valence-electron chi connectivity index (χ1n) is 14.4. The zero-order chi connectivity index (χ0) is 29.3. The molecule has 7 rings (SSSR count). The van der Waals surface area contributed by atoms with Gasteiger partial charge in [0.1, 0.15) is 0 Å². The van der Waals surface area contributed by atoms with Gasteiger partial charge in [-0.3, -0.25) is 4.99 Å². The van der Waals surface area contributed by atoms with Crippen molar-refractivity contribution in [3.8, 4) is 5.69 Å². The maximum atomic E-state index is 4.59. The second kappa shape index (κ2) is 11.0. The number of para-hydroxylation sites is 1. The highest BCUT2D eigenvalue weighted by Crippen LogP contribution is 2.41. The van der Waals surface area contributed by atoms with E-state index >= 15 is 0 Å². The van der Waals surface area contributed by atoms with E-state index in [0.29, 0.717) is 6.54 Å². The van der Waals surface area contributed by atoms with Crippen molar-refractivity contribution in [1.82, 2.24) is 4.57 Å². The number of benzene rings is 5. The molecule has 2 heterocycles. The van der Waals surface area contributed by atoms with Crippen LogP contribution in [0.1, 0.15) is 16.8 Å². The van der Waals surface area contributed by atoms with Gasteiger partial charge >= 0.3 is 0 Å². The summed E-state index contributed by atoms with van der Waals surface area (Å²) in [6, 6.07) is 36.4. The molecular weight excluding hydrogens is 522 g/mol. The Labute approximate surface area is 252 Å². The summed E-state index contributed by atoms with van der Waals surface area (Å²) in [5.41, 5.74) is 8.34. The molecule has 0 saturated carbocycles. The van der Waals surface area contributed by atoms with E-state index < -0.39 is 0 Å². The van der Waals surface area contributed by atoms with Crippen molar-refractivity contribution >= 4 is 56.5 Å². The highest BCUT2D eigenvalue weighted by Gasteiger charge is 2.22. The molecule has 0 atom stereocenters. The van der Waals surface area contributed by atoms with E-state index in [1.165, 1.54) is 21.5 Å². The highest BCUT2D eigenvalue weighted by atomic mass is 15.1. The largest absolute Gasteiger partial charge is 0.323 e. The van der Waals surface area contributed by atoms with Crippen LogP contribution in [0.15, 0.2) is 157 Å². The Morgan fingerprint density at radius 1 is 0.674 bits per heavy atom. The molecule has 0 saturated heterocycles. The lowest BCUT2D eigenvalue weighted by Crippen LogP contribution is -2.07. The lowest BCUT2D eigenvalue weighted by atomic mass is 9.98. The lowest BCUT2D eigenvalue weighted by molar-refractivity contribution is 1.09. The summed E-state index contributed by atoms with van der Waals surface area (Å²) in [4.78, 5) is 6.26. The summed E-state index contributed by atoms with van der Waals surface area (Å²) in [7, 11) is 0.